The second kappa shape index (κ2) is 7.12. The minimum absolute atomic E-state index is 0.179. The molecule has 25 heavy (non-hydrogen) atoms. The standard InChI is InChI=1S/C18H18N2O5/c1-22-14-10-16(24-3)15(23-2)9-13(14)11-20-18(21)25-17(19-20)12-7-5-4-6-8-12/h4-10H,11H2,1-3H3. The molecule has 130 valence electrons. The average Bonchev–Trinajstić information content (AvgIpc) is 3.02. The van der Waals surface area contributed by atoms with Crippen LogP contribution in [0.1, 0.15) is 5.56 Å². The SMILES string of the molecule is COc1cc(OC)c(OC)cc1Cn1nc(-c2ccccc2)oc1=O. The van der Waals surface area contributed by atoms with E-state index in [1.54, 1.807) is 33.5 Å². The third kappa shape index (κ3) is 3.35. The summed E-state index contributed by atoms with van der Waals surface area (Å²) in [5, 5.41) is 4.26. The number of ether oxygens (including phenoxy) is 3. The lowest BCUT2D eigenvalue weighted by atomic mass is 10.1. The first-order valence-electron chi connectivity index (χ1n) is 7.58. The van der Waals surface area contributed by atoms with E-state index in [1.165, 1.54) is 4.68 Å². The van der Waals surface area contributed by atoms with Crippen LogP contribution in [0.25, 0.3) is 11.5 Å². The van der Waals surface area contributed by atoms with Crippen LogP contribution in [0.5, 0.6) is 17.2 Å². The van der Waals surface area contributed by atoms with Crippen LogP contribution in [0, 0.1) is 0 Å². The predicted octanol–water partition coefficient (Wildman–Crippen LogP) is 2.58. The Hall–Kier alpha value is -3.22. The van der Waals surface area contributed by atoms with Crippen LogP contribution in [0.4, 0.5) is 0 Å². The van der Waals surface area contributed by atoms with E-state index in [4.69, 9.17) is 18.6 Å². The van der Waals surface area contributed by atoms with E-state index in [2.05, 4.69) is 5.10 Å². The van der Waals surface area contributed by atoms with Gasteiger partial charge < -0.3 is 18.6 Å². The highest BCUT2D eigenvalue weighted by Crippen LogP contribution is 2.34. The number of aromatic nitrogens is 2. The van der Waals surface area contributed by atoms with Gasteiger partial charge in [0.25, 0.3) is 0 Å². The first-order chi connectivity index (χ1) is 12.2. The first-order valence-corrected chi connectivity index (χ1v) is 7.58. The normalized spacial score (nSPS) is 10.5. The van der Waals surface area contributed by atoms with Crippen molar-refractivity contribution < 1.29 is 18.6 Å². The Morgan fingerprint density at radius 1 is 0.960 bits per heavy atom. The maximum atomic E-state index is 12.1. The second-order valence-electron chi connectivity index (χ2n) is 5.22. The summed E-state index contributed by atoms with van der Waals surface area (Å²) < 4.78 is 22.4. The molecule has 0 spiro atoms. The summed E-state index contributed by atoms with van der Waals surface area (Å²) in [6, 6.07) is 12.7. The Bertz CT molecular complexity index is 915. The van der Waals surface area contributed by atoms with Gasteiger partial charge in [0.05, 0.1) is 27.9 Å². The molecule has 1 heterocycles. The maximum Gasteiger partial charge on any atom is 0.437 e. The van der Waals surface area contributed by atoms with Gasteiger partial charge in [-0.3, -0.25) is 0 Å². The number of methoxy groups -OCH3 is 3. The van der Waals surface area contributed by atoms with Gasteiger partial charge in [0.2, 0.25) is 5.89 Å². The molecule has 0 atom stereocenters. The third-order valence-electron chi connectivity index (χ3n) is 3.73. The molecule has 0 unspecified atom stereocenters. The van der Waals surface area contributed by atoms with E-state index < -0.39 is 5.76 Å². The van der Waals surface area contributed by atoms with Crippen molar-refractivity contribution in [3.63, 3.8) is 0 Å². The van der Waals surface area contributed by atoms with Crippen LogP contribution in [0.3, 0.4) is 0 Å². The van der Waals surface area contributed by atoms with Crippen LogP contribution >= 0.6 is 0 Å². The fourth-order valence-corrected chi connectivity index (χ4v) is 2.48. The van der Waals surface area contributed by atoms with Gasteiger partial charge in [-0.2, -0.15) is 4.68 Å². The Labute approximate surface area is 144 Å². The molecular weight excluding hydrogens is 324 g/mol. The summed E-state index contributed by atoms with van der Waals surface area (Å²) in [7, 11) is 4.64. The zero-order valence-corrected chi connectivity index (χ0v) is 14.2. The number of nitrogens with zero attached hydrogens (tertiary/aromatic N) is 2. The molecule has 1 aromatic heterocycles. The van der Waals surface area contributed by atoms with Crippen molar-refractivity contribution in [1.82, 2.24) is 9.78 Å². The van der Waals surface area contributed by atoms with Crippen molar-refractivity contribution in [1.29, 1.82) is 0 Å². The van der Waals surface area contributed by atoms with Gasteiger partial charge in [0, 0.05) is 17.2 Å². The Morgan fingerprint density at radius 2 is 1.60 bits per heavy atom. The molecule has 0 aliphatic rings. The van der Waals surface area contributed by atoms with Gasteiger partial charge in [-0.25, -0.2) is 4.79 Å². The second-order valence-corrected chi connectivity index (χ2v) is 5.22. The predicted molar refractivity (Wildman–Crippen MR) is 91.4 cm³/mol. The molecule has 0 N–H and O–H groups in total. The molecule has 2 aromatic carbocycles. The van der Waals surface area contributed by atoms with E-state index >= 15 is 0 Å². The van der Waals surface area contributed by atoms with Crippen LogP contribution in [-0.2, 0) is 6.54 Å². The fourth-order valence-electron chi connectivity index (χ4n) is 2.48. The van der Waals surface area contributed by atoms with Gasteiger partial charge in [-0.15, -0.1) is 5.10 Å². The molecular formula is C18H18N2O5. The molecule has 0 saturated carbocycles. The minimum Gasteiger partial charge on any atom is -0.496 e. The van der Waals surface area contributed by atoms with Gasteiger partial charge in [0.15, 0.2) is 11.5 Å². The number of hydrogen-bond acceptors (Lipinski definition) is 6. The molecule has 0 aliphatic carbocycles. The quantitative estimate of drug-likeness (QED) is 0.685. The molecule has 0 aliphatic heterocycles. The summed E-state index contributed by atoms with van der Waals surface area (Å²) in [4.78, 5) is 12.1. The topological polar surface area (TPSA) is 75.7 Å². The van der Waals surface area contributed by atoms with Gasteiger partial charge in [-0.05, 0) is 18.2 Å². The highest BCUT2D eigenvalue weighted by molar-refractivity contribution is 5.52. The number of rotatable bonds is 6. The van der Waals surface area contributed by atoms with E-state index in [-0.39, 0.29) is 12.4 Å². The molecule has 0 amide bonds. The highest BCUT2D eigenvalue weighted by atomic mass is 16.5. The van der Waals surface area contributed by atoms with Crippen molar-refractivity contribution in [2.24, 2.45) is 0 Å². The van der Waals surface area contributed by atoms with Crippen LogP contribution < -0.4 is 20.0 Å². The summed E-state index contributed by atoms with van der Waals surface area (Å²) in [5.41, 5.74) is 1.45. The van der Waals surface area contributed by atoms with Crippen molar-refractivity contribution in [3.8, 4) is 28.7 Å². The molecule has 0 bridgehead atoms. The third-order valence-corrected chi connectivity index (χ3v) is 3.73. The summed E-state index contributed by atoms with van der Waals surface area (Å²) in [6.07, 6.45) is 0. The molecule has 3 aromatic rings. The largest absolute Gasteiger partial charge is 0.496 e. The number of benzene rings is 2. The van der Waals surface area contributed by atoms with Crippen LogP contribution in [0.15, 0.2) is 51.7 Å². The maximum absolute atomic E-state index is 12.1. The van der Waals surface area contributed by atoms with Crippen LogP contribution in [0.2, 0.25) is 0 Å². The van der Waals surface area contributed by atoms with Crippen molar-refractivity contribution >= 4 is 0 Å². The zero-order valence-electron chi connectivity index (χ0n) is 14.2. The molecule has 7 nitrogen and oxygen atoms in total. The lowest BCUT2D eigenvalue weighted by Gasteiger charge is -2.13. The van der Waals surface area contributed by atoms with Gasteiger partial charge in [-0.1, -0.05) is 18.2 Å². The average molecular weight is 342 g/mol. The fraction of sp³-hybridized carbons (Fsp3) is 0.222. The smallest absolute Gasteiger partial charge is 0.437 e. The molecule has 0 fully saturated rings. The summed E-state index contributed by atoms with van der Waals surface area (Å²) >= 11 is 0. The summed E-state index contributed by atoms with van der Waals surface area (Å²) in [5.74, 6) is 1.37. The first kappa shape index (κ1) is 16.6. The van der Waals surface area contributed by atoms with Crippen molar-refractivity contribution in [2.45, 2.75) is 6.54 Å². The Morgan fingerprint density at radius 3 is 2.24 bits per heavy atom. The highest BCUT2D eigenvalue weighted by Gasteiger charge is 2.16. The van der Waals surface area contributed by atoms with Crippen molar-refractivity contribution in [2.75, 3.05) is 21.3 Å². The molecule has 0 saturated heterocycles. The van der Waals surface area contributed by atoms with Crippen molar-refractivity contribution in [3.05, 3.63) is 58.6 Å². The van der Waals surface area contributed by atoms with E-state index in [0.29, 0.717) is 17.2 Å². The summed E-state index contributed by atoms with van der Waals surface area (Å²) in [6.45, 7) is 0.179. The van der Waals surface area contributed by atoms with Gasteiger partial charge in [0.1, 0.15) is 5.75 Å². The monoisotopic (exact) mass is 342 g/mol. The zero-order chi connectivity index (χ0) is 17.8. The molecule has 0 radical (unpaired) electrons. The lowest BCUT2D eigenvalue weighted by molar-refractivity contribution is 0.346. The van der Waals surface area contributed by atoms with E-state index in [1.807, 2.05) is 30.3 Å². The minimum atomic E-state index is -0.546. The Kier molecular flexibility index (Phi) is 4.74. The lowest BCUT2D eigenvalue weighted by Crippen LogP contribution is -2.17. The van der Waals surface area contributed by atoms with Crippen LogP contribution in [-0.4, -0.2) is 31.1 Å². The molecule has 7 heteroatoms. The van der Waals surface area contributed by atoms with Gasteiger partial charge >= 0.3 is 5.76 Å². The van der Waals surface area contributed by atoms with E-state index in [0.717, 1.165) is 11.1 Å². The Balaban J connectivity index is 1.98. The number of hydrogen-bond donors (Lipinski definition) is 0. The van der Waals surface area contributed by atoms with E-state index in [9.17, 15) is 4.79 Å². The molecule has 3 rings (SSSR count).